The number of aromatic nitrogens is 2. The third kappa shape index (κ3) is 2.68. The van der Waals surface area contributed by atoms with E-state index in [9.17, 15) is 0 Å². The van der Waals surface area contributed by atoms with Gasteiger partial charge in [-0.2, -0.15) is 0 Å². The van der Waals surface area contributed by atoms with E-state index < -0.39 is 0 Å². The monoisotopic (exact) mass is 295 g/mol. The van der Waals surface area contributed by atoms with Gasteiger partial charge in [-0.15, -0.1) is 0 Å². The number of imidazole rings is 1. The van der Waals surface area contributed by atoms with Gasteiger partial charge in [-0.25, -0.2) is 4.98 Å². The van der Waals surface area contributed by atoms with Gasteiger partial charge in [-0.1, -0.05) is 12.1 Å². The van der Waals surface area contributed by atoms with Crippen molar-refractivity contribution in [1.29, 1.82) is 0 Å². The molecule has 5 heteroatoms. The number of hydrogen-bond donors (Lipinski definition) is 2. The van der Waals surface area contributed by atoms with Crippen molar-refractivity contribution >= 4 is 15.9 Å². The summed E-state index contributed by atoms with van der Waals surface area (Å²) in [7, 11) is 1.65. The maximum Gasteiger partial charge on any atom is 0.119 e. The van der Waals surface area contributed by atoms with Gasteiger partial charge in [0.05, 0.1) is 7.11 Å². The van der Waals surface area contributed by atoms with Gasteiger partial charge in [0.1, 0.15) is 21.9 Å². The lowest BCUT2D eigenvalue weighted by Gasteiger charge is -2.02. The Hall–Kier alpha value is -1.33. The molecule has 3 N–H and O–H groups in total. The van der Waals surface area contributed by atoms with Crippen LogP contribution in [0, 0.1) is 0 Å². The summed E-state index contributed by atoms with van der Waals surface area (Å²) >= 11 is 3.47. The Morgan fingerprint density at radius 1 is 1.47 bits per heavy atom. The largest absolute Gasteiger partial charge is 0.497 e. The lowest BCUT2D eigenvalue weighted by atomic mass is 10.1. The SMILES string of the molecule is COc1cccc(-c2nc(CCN)[nH]c2Br)c1. The molecule has 2 rings (SSSR count). The molecule has 0 aliphatic rings. The lowest BCUT2D eigenvalue weighted by molar-refractivity contribution is 0.415. The highest BCUT2D eigenvalue weighted by Gasteiger charge is 2.10. The summed E-state index contributed by atoms with van der Waals surface area (Å²) in [4.78, 5) is 7.67. The zero-order valence-electron chi connectivity index (χ0n) is 9.53. The van der Waals surface area contributed by atoms with Crippen LogP contribution in [0.4, 0.5) is 0 Å². The van der Waals surface area contributed by atoms with E-state index in [1.165, 1.54) is 0 Å². The van der Waals surface area contributed by atoms with Gasteiger partial charge in [-0.05, 0) is 34.6 Å². The molecule has 0 amide bonds. The quantitative estimate of drug-likeness (QED) is 0.910. The number of ether oxygens (including phenoxy) is 1. The fourth-order valence-electron chi connectivity index (χ4n) is 1.61. The molecule has 0 unspecified atom stereocenters. The van der Waals surface area contributed by atoms with Crippen LogP contribution >= 0.6 is 15.9 Å². The molecule has 1 aromatic carbocycles. The van der Waals surface area contributed by atoms with Crippen LogP contribution in [-0.4, -0.2) is 23.6 Å². The Labute approximate surface area is 108 Å². The van der Waals surface area contributed by atoms with Crippen LogP contribution in [0.15, 0.2) is 28.9 Å². The van der Waals surface area contributed by atoms with E-state index >= 15 is 0 Å². The lowest BCUT2D eigenvalue weighted by Crippen LogP contribution is -2.03. The van der Waals surface area contributed by atoms with Crippen molar-refractivity contribution in [1.82, 2.24) is 9.97 Å². The van der Waals surface area contributed by atoms with E-state index in [0.717, 1.165) is 33.9 Å². The van der Waals surface area contributed by atoms with Crippen molar-refractivity contribution in [3.05, 3.63) is 34.7 Å². The summed E-state index contributed by atoms with van der Waals surface area (Å²) in [5.74, 6) is 1.70. The molecule has 0 saturated heterocycles. The van der Waals surface area contributed by atoms with Crippen LogP contribution in [0.5, 0.6) is 5.75 Å². The summed E-state index contributed by atoms with van der Waals surface area (Å²) in [6.45, 7) is 0.581. The molecule has 4 nitrogen and oxygen atoms in total. The minimum Gasteiger partial charge on any atom is -0.497 e. The topological polar surface area (TPSA) is 63.9 Å². The summed E-state index contributed by atoms with van der Waals surface area (Å²) < 4.78 is 6.07. The fourth-order valence-corrected chi connectivity index (χ4v) is 2.16. The Balaban J connectivity index is 2.37. The molecule has 0 atom stereocenters. The zero-order chi connectivity index (χ0) is 12.3. The van der Waals surface area contributed by atoms with Gasteiger partial charge in [0.25, 0.3) is 0 Å². The van der Waals surface area contributed by atoms with E-state index in [2.05, 4.69) is 25.9 Å². The second-order valence-electron chi connectivity index (χ2n) is 3.62. The van der Waals surface area contributed by atoms with E-state index in [-0.39, 0.29) is 0 Å². The van der Waals surface area contributed by atoms with Crippen LogP contribution in [0.3, 0.4) is 0 Å². The van der Waals surface area contributed by atoms with Crippen molar-refractivity contribution < 1.29 is 4.74 Å². The van der Waals surface area contributed by atoms with Crippen LogP contribution in [-0.2, 0) is 6.42 Å². The molecule has 0 aliphatic heterocycles. The first-order valence-electron chi connectivity index (χ1n) is 5.33. The second kappa shape index (κ2) is 5.33. The van der Waals surface area contributed by atoms with Crippen LogP contribution in [0.25, 0.3) is 11.3 Å². The average molecular weight is 296 g/mol. The standard InChI is InChI=1S/C12H14BrN3O/c1-17-9-4-2-3-8(7-9)11-12(13)16-10(15-11)5-6-14/h2-4,7H,5-6,14H2,1H3,(H,15,16). The maximum absolute atomic E-state index is 5.51. The number of nitrogens with one attached hydrogen (secondary N) is 1. The predicted molar refractivity (Wildman–Crippen MR) is 71.0 cm³/mol. The number of nitrogens with two attached hydrogens (primary N) is 1. The van der Waals surface area contributed by atoms with Crippen molar-refractivity contribution in [2.45, 2.75) is 6.42 Å². The third-order valence-electron chi connectivity index (χ3n) is 2.43. The highest BCUT2D eigenvalue weighted by molar-refractivity contribution is 9.10. The molecular weight excluding hydrogens is 282 g/mol. The summed E-state index contributed by atoms with van der Waals surface area (Å²) in [5, 5.41) is 0. The number of halogens is 1. The predicted octanol–water partition coefficient (Wildman–Crippen LogP) is 2.35. The van der Waals surface area contributed by atoms with Gasteiger partial charge in [0, 0.05) is 12.0 Å². The second-order valence-corrected chi connectivity index (χ2v) is 4.41. The van der Waals surface area contributed by atoms with E-state index in [1.807, 2.05) is 24.3 Å². The van der Waals surface area contributed by atoms with Gasteiger partial charge < -0.3 is 15.5 Å². The van der Waals surface area contributed by atoms with Gasteiger partial charge in [-0.3, -0.25) is 0 Å². The minimum atomic E-state index is 0.581. The van der Waals surface area contributed by atoms with Crippen LogP contribution in [0.2, 0.25) is 0 Å². The third-order valence-corrected chi connectivity index (χ3v) is 3.01. The molecule has 2 aromatic rings. The normalized spacial score (nSPS) is 10.5. The molecule has 0 radical (unpaired) electrons. The van der Waals surface area contributed by atoms with Gasteiger partial charge in [0.2, 0.25) is 0 Å². The molecule has 1 aromatic heterocycles. The molecule has 1 heterocycles. The Morgan fingerprint density at radius 3 is 3.00 bits per heavy atom. The van der Waals surface area contributed by atoms with Crippen molar-refractivity contribution in [3.8, 4) is 17.0 Å². The summed E-state index contributed by atoms with van der Waals surface area (Å²) in [5.41, 5.74) is 7.40. The average Bonchev–Trinajstić information content (AvgIpc) is 2.71. The van der Waals surface area contributed by atoms with E-state index in [0.29, 0.717) is 6.54 Å². The van der Waals surface area contributed by atoms with Crippen molar-refractivity contribution in [3.63, 3.8) is 0 Å². The Kier molecular flexibility index (Phi) is 3.81. The molecule has 0 fully saturated rings. The molecule has 0 aliphatic carbocycles. The number of aromatic amines is 1. The summed E-state index contributed by atoms with van der Waals surface area (Å²) in [6.07, 6.45) is 0.739. The molecule has 0 saturated carbocycles. The number of H-pyrrole nitrogens is 1. The first-order chi connectivity index (χ1) is 8.24. The zero-order valence-corrected chi connectivity index (χ0v) is 11.1. The van der Waals surface area contributed by atoms with E-state index in [1.54, 1.807) is 7.11 Å². The number of hydrogen-bond acceptors (Lipinski definition) is 3. The Bertz CT molecular complexity index is 510. The van der Waals surface area contributed by atoms with Crippen LogP contribution < -0.4 is 10.5 Å². The first-order valence-corrected chi connectivity index (χ1v) is 6.12. The number of methoxy groups -OCH3 is 1. The van der Waals surface area contributed by atoms with Crippen molar-refractivity contribution in [2.75, 3.05) is 13.7 Å². The number of nitrogens with zero attached hydrogens (tertiary/aromatic N) is 1. The van der Waals surface area contributed by atoms with Gasteiger partial charge in [0.15, 0.2) is 0 Å². The summed E-state index contributed by atoms with van der Waals surface area (Å²) in [6, 6.07) is 7.80. The highest BCUT2D eigenvalue weighted by Crippen LogP contribution is 2.28. The molecule has 17 heavy (non-hydrogen) atoms. The maximum atomic E-state index is 5.51. The van der Waals surface area contributed by atoms with Crippen molar-refractivity contribution in [2.24, 2.45) is 5.73 Å². The van der Waals surface area contributed by atoms with Gasteiger partial charge >= 0.3 is 0 Å². The fraction of sp³-hybridized carbons (Fsp3) is 0.250. The number of rotatable bonds is 4. The minimum absolute atomic E-state index is 0.581. The number of benzene rings is 1. The molecule has 0 bridgehead atoms. The molecule has 0 spiro atoms. The highest BCUT2D eigenvalue weighted by atomic mass is 79.9. The Morgan fingerprint density at radius 2 is 2.29 bits per heavy atom. The first kappa shape index (κ1) is 12.1. The molecule has 90 valence electrons. The van der Waals surface area contributed by atoms with Crippen LogP contribution in [0.1, 0.15) is 5.82 Å². The molecular formula is C12H14BrN3O. The van der Waals surface area contributed by atoms with E-state index in [4.69, 9.17) is 10.5 Å². The smallest absolute Gasteiger partial charge is 0.119 e.